The SMILES string of the molecule is CCc1ccccc1CNCC(=O)NC1CCCCC1. The molecule has 0 heterocycles. The average Bonchev–Trinajstić information content (AvgIpc) is 2.49. The van der Waals surface area contributed by atoms with Crippen molar-refractivity contribution in [2.75, 3.05) is 6.54 Å². The van der Waals surface area contributed by atoms with E-state index in [4.69, 9.17) is 0 Å². The van der Waals surface area contributed by atoms with E-state index in [0.29, 0.717) is 12.6 Å². The van der Waals surface area contributed by atoms with E-state index in [2.05, 4.69) is 41.8 Å². The topological polar surface area (TPSA) is 41.1 Å². The van der Waals surface area contributed by atoms with Gasteiger partial charge in [0.25, 0.3) is 0 Å². The highest BCUT2D eigenvalue weighted by Gasteiger charge is 2.15. The number of carbonyl (C=O) groups excluding carboxylic acids is 1. The Balaban J connectivity index is 1.70. The van der Waals surface area contributed by atoms with Crippen LogP contribution < -0.4 is 10.6 Å². The molecule has 0 aromatic heterocycles. The normalized spacial score (nSPS) is 16.1. The van der Waals surface area contributed by atoms with Gasteiger partial charge in [-0.2, -0.15) is 0 Å². The Morgan fingerprint density at radius 2 is 1.85 bits per heavy atom. The third-order valence-corrected chi connectivity index (χ3v) is 4.07. The molecule has 0 unspecified atom stereocenters. The van der Waals surface area contributed by atoms with Crippen LogP contribution in [0.4, 0.5) is 0 Å². The van der Waals surface area contributed by atoms with Crippen LogP contribution in [0, 0.1) is 0 Å². The van der Waals surface area contributed by atoms with E-state index >= 15 is 0 Å². The standard InChI is InChI=1S/C17H26N2O/c1-2-14-8-6-7-9-15(14)12-18-13-17(20)19-16-10-4-3-5-11-16/h6-9,16,18H,2-5,10-13H2,1H3,(H,19,20). The van der Waals surface area contributed by atoms with E-state index in [1.54, 1.807) is 0 Å². The third-order valence-electron chi connectivity index (χ3n) is 4.07. The van der Waals surface area contributed by atoms with Crippen molar-refractivity contribution in [2.24, 2.45) is 0 Å². The molecule has 0 radical (unpaired) electrons. The molecule has 1 aliphatic rings. The van der Waals surface area contributed by atoms with Gasteiger partial charge in [0.1, 0.15) is 0 Å². The summed E-state index contributed by atoms with van der Waals surface area (Å²) in [4.78, 5) is 11.9. The zero-order valence-electron chi connectivity index (χ0n) is 12.5. The van der Waals surface area contributed by atoms with Gasteiger partial charge in [-0.3, -0.25) is 4.79 Å². The summed E-state index contributed by atoms with van der Waals surface area (Å²) in [5, 5.41) is 6.39. The number of carbonyl (C=O) groups is 1. The molecule has 0 atom stereocenters. The molecule has 2 rings (SSSR count). The highest BCUT2D eigenvalue weighted by molar-refractivity contribution is 5.78. The van der Waals surface area contributed by atoms with Crippen molar-refractivity contribution in [3.63, 3.8) is 0 Å². The predicted molar refractivity (Wildman–Crippen MR) is 82.5 cm³/mol. The maximum Gasteiger partial charge on any atom is 0.234 e. The molecule has 3 heteroatoms. The molecule has 1 aromatic rings. The first-order valence-electron chi connectivity index (χ1n) is 7.86. The summed E-state index contributed by atoms with van der Waals surface area (Å²) in [6.07, 6.45) is 7.14. The number of nitrogens with one attached hydrogen (secondary N) is 2. The fourth-order valence-corrected chi connectivity index (χ4v) is 2.91. The number of amides is 1. The predicted octanol–water partition coefficient (Wildman–Crippen LogP) is 2.79. The minimum absolute atomic E-state index is 0.130. The summed E-state index contributed by atoms with van der Waals surface area (Å²) in [5.41, 5.74) is 2.65. The molecule has 110 valence electrons. The van der Waals surface area contributed by atoms with Gasteiger partial charge < -0.3 is 10.6 Å². The lowest BCUT2D eigenvalue weighted by atomic mass is 9.95. The molecule has 1 aromatic carbocycles. The van der Waals surface area contributed by atoms with Gasteiger partial charge in [0, 0.05) is 12.6 Å². The largest absolute Gasteiger partial charge is 0.352 e. The smallest absolute Gasteiger partial charge is 0.234 e. The second-order valence-corrected chi connectivity index (χ2v) is 5.63. The van der Waals surface area contributed by atoms with Crippen LogP contribution in [0.5, 0.6) is 0 Å². The van der Waals surface area contributed by atoms with Crippen LogP contribution in [-0.4, -0.2) is 18.5 Å². The van der Waals surface area contributed by atoms with Gasteiger partial charge in [0.15, 0.2) is 0 Å². The van der Waals surface area contributed by atoms with Crippen LogP contribution in [0.2, 0.25) is 0 Å². The van der Waals surface area contributed by atoms with E-state index < -0.39 is 0 Å². The van der Waals surface area contributed by atoms with E-state index in [1.165, 1.54) is 30.4 Å². The van der Waals surface area contributed by atoms with E-state index in [1.807, 2.05) is 0 Å². The molecule has 1 saturated carbocycles. The lowest BCUT2D eigenvalue weighted by Crippen LogP contribution is -2.41. The fraction of sp³-hybridized carbons (Fsp3) is 0.588. The summed E-state index contributed by atoms with van der Waals surface area (Å²) < 4.78 is 0. The van der Waals surface area contributed by atoms with Crippen molar-refractivity contribution in [2.45, 2.75) is 58.0 Å². The number of aryl methyl sites for hydroxylation is 1. The van der Waals surface area contributed by atoms with Gasteiger partial charge in [0.2, 0.25) is 5.91 Å². The van der Waals surface area contributed by atoms with Crippen LogP contribution in [0.3, 0.4) is 0 Å². The molecule has 1 fully saturated rings. The first-order valence-corrected chi connectivity index (χ1v) is 7.86. The highest BCUT2D eigenvalue weighted by Crippen LogP contribution is 2.17. The van der Waals surface area contributed by atoms with Crippen LogP contribution in [0.1, 0.15) is 50.2 Å². The molecule has 1 amide bonds. The van der Waals surface area contributed by atoms with Gasteiger partial charge in [-0.05, 0) is 30.4 Å². The Morgan fingerprint density at radius 1 is 1.15 bits per heavy atom. The highest BCUT2D eigenvalue weighted by atomic mass is 16.1. The number of hydrogen-bond acceptors (Lipinski definition) is 2. The summed E-state index contributed by atoms with van der Waals surface area (Å²) >= 11 is 0. The van der Waals surface area contributed by atoms with Crippen LogP contribution in [0.25, 0.3) is 0 Å². The molecule has 0 saturated heterocycles. The molecule has 2 N–H and O–H groups in total. The zero-order valence-corrected chi connectivity index (χ0v) is 12.5. The Labute approximate surface area is 122 Å². The van der Waals surface area contributed by atoms with Crippen LogP contribution in [-0.2, 0) is 17.8 Å². The molecule has 1 aliphatic carbocycles. The lowest BCUT2D eigenvalue weighted by Gasteiger charge is -2.22. The van der Waals surface area contributed by atoms with Gasteiger partial charge in [-0.25, -0.2) is 0 Å². The van der Waals surface area contributed by atoms with Crippen molar-refractivity contribution in [3.8, 4) is 0 Å². The summed E-state index contributed by atoms with van der Waals surface area (Å²) in [5.74, 6) is 0.130. The van der Waals surface area contributed by atoms with Gasteiger partial charge in [0.05, 0.1) is 6.54 Å². The minimum Gasteiger partial charge on any atom is -0.352 e. The van der Waals surface area contributed by atoms with Gasteiger partial charge >= 0.3 is 0 Å². The first-order chi connectivity index (χ1) is 9.79. The Hall–Kier alpha value is -1.35. The number of rotatable bonds is 6. The molecule has 0 spiro atoms. The summed E-state index contributed by atoms with van der Waals surface area (Å²) in [6, 6.07) is 8.81. The van der Waals surface area contributed by atoms with Gasteiger partial charge in [-0.15, -0.1) is 0 Å². The van der Waals surface area contributed by atoms with Crippen molar-refractivity contribution in [3.05, 3.63) is 35.4 Å². The van der Waals surface area contributed by atoms with Crippen molar-refractivity contribution >= 4 is 5.91 Å². The number of hydrogen-bond donors (Lipinski definition) is 2. The number of benzene rings is 1. The molecule has 0 bridgehead atoms. The second-order valence-electron chi connectivity index (χ2n) is 5.63. The Bertz CT molecular complexity index is 425. The van der Waals surface area contributed by atoms with Crippen molar-refractivity contribution in [1.29, 1.82) is 0 Å². The monoisotopic (exact) mass is 274 g/mol. The molecule has 0 aliphatic heterocycles. The maximum atomic E-state index is 11.9. The van der Waals surface area contributed by atoms with Gasteiger partial charge in [-0.1, -0.05) is 50.5 Å². The van der Waals surface area contributed by atoms with Crippen LogP contribution >= 0.6 is 0 Å². The second kappa shape index (κ2) is 8.05. The van der Waals surface area contributed by atoms with E-state index in [-0.39, 0.29) is 5.91 Å². The van der Waals surface area contributed by atoms with E-state index in [0.717, 1.165) is 25.8 Å². The third kappa shape index (κ3) is 4.64. The molecule has 20 heavy (non-hydrogen) atoms. The van der Waals surface area contributed by atoms with Crippen LogP contribution in [0.15, 0.2) is 24.3 Å². The Kier molecular flexibility index (Phi) is 6.06. The lowest BCUT2D eigenvalue weighted by molar-refractivity contribution is -0.121. The van der Waals surface area contributed by atoms with Crippen molar-refractivity contribution < 1.29 is 4.79 Å². The molecular formula is C17H26N2O. The van der Waals surface area contributed by atoms with Crippen molar-refractivity contribution in [1.82, 2.24) is 10.6 Å². The summed E-state index contributed by atoms with van der Waals surface area (Å²) in [6.45, 7) is 3.34. The average molecular weight is 274 g/mol. The zero-order chi connectivity index (χ0) is 14.2. The maximum absolute atomic E-state index is 11.9. The summed E-state index contributed by atoms with van der Waals surface area (Å²) in [7, 11) is 0. The first kappa shape index (κ1) is 15.0. The molecular weight excluding hydrogens is 248 g/mol. The molecule has 3 nitrogen and oxygen atoms in total. The fourth-order valence-electron chi connectivity index (χ4n) is 2.91. The Morgan fingerprint density at radius 3 is 2.55 bits per heavy atom. The minimum atomic E-state index is 0.130. The quantitative estimate of drug-likeness (QED) is 0.837. The van der Waals surface area contributed by atoms with E-state index in [9.17, 15) is 4.79 Å².